The first-order valence-electron chi connectivity index (χ1n) is 17.6. The molecule has 2 aliphatic heterocycles. The highest BCUT2D eigenvalue weighted by atomic mass is 79.9. The highest BCUT2D eigenvalue weighted by Crippen LogP contribution is 2.60. The number of esters is 2. The van der Waals surface area contributed by atoms with E-state index in [-0.39, 0.29) is 41.4 Å². The Labute approximate surface area is 269 Å². The highest BCUT2D eigenvalue weighted by Gasteiger charge is 2.53. The van der Waals surface area contributed by atoms with Gasteiger partial charge in [-0.3, -0.25) is 14.4 Å². The predicted molar refractivity (Wildman–Crippen MR) is 173 cm³/mol. The zero-order valence-electron chi connectivity index (χ0n) is 27.7. The van der Waals surface area contributed by atoms with Gasteiger partial charge in [0, 0.05) is 12.3 Å². The molecule has 0 aromatic rings. The van der Waals surface area contributed by atoms with Gasteiger partial charge in [-0.2, -0.15) is 0 Å². The fourth-order valence-corrected chi connectivity index (χ4v) is 11.7. The van der Waals surface area contributed by atoms with Gasteiger partial charge in [0.2, 0.25) is 0 Å². The molecule has 2 saturated heterocycles. The average molecular weight is 662 g/mol. The third-order valence-corrected chi connectivity index (χ3v) is 13.9. The molecule has 0 radical (unpaired) electrons. The molecule has 5 nitrogen and oxygen atoms in total. The zero-order chi connectivity index (χ0) is 31.1. The number of cyclic esters (lactones) is 2. The zero-order valence-corrected chi connectivity index (χ0v) is 29.3. The molecule has 2 heterocycles. The average Bonchev–Trinajstić information content (AvgIpc) is 3.67. The van der Waals surface area contributed by atoms with Gasteiger partial charge >= 0.3 is 11.9 Å². The fourth-order valence-electron chi connectivity index (χ4n) is 11.1. The largest absolute Gasteiger partial charge is 0.462 e. The Morgan fingerprint density at radius 1 is 0.767 bits per heavy atom. The highest BCUT2D eigenvalue weighted by molar-refractivity contribution is 9.11. The van der Waals surface area contributed by atoms with Crippen LogP contribution in [0.5, 0.6) is 0 Å². The first kappa shape index (κ1) is 33.2. The molecule has 4 aliphatic carbocycles. The number of rotatable bonds is 6. The Morgan fingerprint density at radius 3 is 1.70 bits per heavy atom. The summed E-state index contributed by atoms with van der Waals surface area (Å²) in [5.74, 6) is 4.26. The lowest BCUT2D eigenvalue weighted by molar-refractivity contribution is -0.145. The molecular formula is C37H57BrO5. The second-order valence-electron chi connectivity index (χ2n) is 16.2. The van der Waals surface area contributed by atoms with Crippen molar-refractivity contribution in [1.82, 2.24) is 0 Å². The van der Waals surface area contributed by atoms with Crippen molar-refractivity contribution in [2.24, 2.45) is 58.2 Å². The van der Waals surface area contributed by atoms with Crippen LogP contribution in [0.4, 0.5) is 0 Å². The number of carbonyl (C=O) groups excluding carboxylic acids is 3. The van der Waals surface area contributed by atoms with Crippen LogP contribution in [0.15, 0.2) is 10.6 Å². The maximum absolute atomic E-state index is 12.2. The molecule has 12 atom stereocenters. The minimum Gasteiger partial charge on any atom is -0.462 e. The van der Waals surface area contributed by atoms with Crippen molar-refractivity contribution < 1.29 is 23.9 Å². The van der Waals surface area contributed by atoms with Crippen LogP contribution in [-0.4, -0.2) is 29.9 Å². The number of ketones is 1. The molecule has 6 heteroatoms. The summed E-state index contributed by atoms with van der Waals surface area (Å²) in [6.07, 6.45) is 16.0. The Hall–Kier alpha value is -1.17. The number of halogens is 1. The standard InChI is InChI=1S/C19H29BrO2.C18H28O3/c1-12(9-15-10-13(2)18(21)22-15)16-6-7-17-14(11-20)5-4-8-19(16,17)3;1-11(9-13-10-12(2)17(20)21-13)14-6-7-15-16(19)5-4-8-18(14,15)3/h11-13,15-17H,4-10H2,1-3H3;11-15H,4-10H2,1-3H3/b14-11+;/t12-,13+,15+,16-,17+,19-;11-,12+,13+,14-,15+,18-/m11/s1. The molecule has 6 rings (SSSR count). The number of ether oxygens (including phenoxy) is 2. The van der Waals surface area contributed by atoms with E-state index in [1.807, 2.05) is 13.8 Å². The van der Waals surface area contributed by atoms with Crippen LogP contribution >= 0.6 is 15.9 Å². The fraction of sp³-hybridized carbons (Fsp3) is 0.865. The number of fused-ring (bicyclic) bond motifs is 2. The van der Waals surface area contributed by atoms with Crippen LogP contribution in [0.25, 0.3) is 0 Å². The van der Waals surface area contributed by atoms with Crippen LogP contribution in [0.3, 0.4) is 0 Å². The van der Waals surface area contributed by atoms with Crippen LogP contribution in [0.2, 0.25) is 0 Å². The number of hydrogen-bond acceptors (Lipinski definition) is 5. The van der Waals surface area contributed by atoms with Gasteiger partial charge in [-0.1, -0.05) is 63.0 Å². The summed E-state index contributed by atoms with van der Waals surface area (Å²) in [5, 5.41) is 0. The molecule has 0 unspecified atom stereocenters. The molecule has 4 saturated carbocycles. The van der Waals surface area contributed by atoms with Crippen molar-refractivity contribution in [3.8, 4) is 0 Å². The van der Waals surface area contributed by atoms with Gasteiger partial charge in [-0.25, -0.2) is 0 Å². The van der Waals surface area contributed by atoms with Crippen molar-refractivity contribution in [1.29, 1.82) is 0 Å². The number of hydrogen-bond donors (Lipinski definition) is 0. The van der Waals surface area contributed by atoms with E-state index in [1.54, 1.807) is 5.57 Å². The van der Waals surface area contributed by atoms with E-state index in [9.17, 15) is 14.4 Å². The van der Waals surface area contributed by atoms with E-state index in [0.29, 0.717) is 34.9 Å². The van der Waals surface area contributed by atoms with E-state index < -0.39 is 0 Å². The molecule has 0 aromatic carbocycles. The van der Waals surface area contributed by atoms with Gasteiger partial charge in [0.1, 0.15) is 18.0 Å². The van der Waals surface area contributed by atoms with Gasteiger partial charge < -0.3 is 9.47 Å². The molecule has 6 aliphatic rings. The summed E-state index contributed by atoms with van der Waals surface area (Å²) in [4.78, 5) is 37.6. The summed E-state index contributed by atoms with van der Waals surface area (Å²) in [6.45, 7) is 13.5. The molecule has 0 N–H and O–H groups in total. The molecule has 0 spiro atoms. The van der Waals surface area contributed by atoms with E-state index in [1.165, 1.54) is 44.9 Å². The topological polar surface area (TPSA) is 69.7 Å². The lowest BCUT2D eigenvalue weighted by atomic mass is 9.61. The summed E-state index contributed by atoms with van der Waals surface area (Å²) in [5.41, 5.74) is 2.28. The van der Waals surface area contributed by atoms with Crippen LogP contribution in [-0.2, 0) is 23.9 Å². The molecular weight excluding hydrogens is 604 g/mol. The molecule has 43 heavy (non-hydrogen) atoms. The minimum atomic E-state index is -0.0319. The van der Waals surface area contributed by atoms with E-state index in [4.69, 9.17) is 9.47 Å². The first-order valence-corrected chi connectivity index (χ1v) is 18.5. The molecule has 242 valence electrons. The monoisotopic (exact) mass is 660 g/mol. The summed E-state index contributed by atoms with van der Waals surface area (Å²) >= 11 is 3.59. The Kier molecular flexibility index (Phi) is 10.3. The quantitative estimate of drug-likeness (QED) is 0.266. The maximum Gasteiger partial charge on any atom is 0.309 e. The number of Topliss-reactive ketones (excluding diaryl/α,β-unsaturated/α-hetero) is 1. The van der Waals surface area contributed by atoms with Gasteiger partial charge in [0.25, 0.3) is 0 Å². The minimum absolute atomic E-state index is 0.00915. The molecule has 0 amide bonds. The van der Waals surface area contributed by atoms with Crippen molar-refractivity contribution in [2.75, 3.05) is 0 Å². The van der Waals surface area contributed by atoms with E-state index in [0.717, 1.165) is 56.8 Å². The summed E-state index contributed by atoms with van der Waals surface area (Å²) in [7, 11) is 0. The predicted octanol–water partition coefficient (Wildman–Crippen LogP) is 9.21. The normalized spacial score (nSPS) is 44.7. The maximum atomic E-state index is 12.2. The first-order chi connectivity index (χ1) is 20.4. The van der Waals surface area contributed by atoms with Gasteiger partial charge in [-0.05, 0) is 129 Å². The van der Waals surface area contributed by atoms with Crippen molar-refractivity contribution in [3.63, 3.8) is 0 Å². The van der Waals surface area contributed by atoms with Crippen LogP contribution < -0.4 is 0 Å². The van der Waals surface area contributed by atoms with Crippen LogP contribution in [0, 0.1) is 58.2 Å². The lowest BCUT2D eigenvalue weighted by Gasteiger charge is -2.44. The van der Waals surface area contributed by atoms with Crippen molar-refractivity contribution >= 4 is 33.7 Å². The number of carbonyl (C=O) groups is 3. The van der Waals surface area contributed by atoms with Gasteiger partial charge in [0.05, 0.1) is 11.8 Å². The Balaban J connectivity index is 0.000000171. The summed E-state index contributed by atoms with van der Waals surface area (Å²) < 4.78 is 11.0. The Bertz CT molecular complexity index is 1080. The second kappa shape index (κ2) is 13.3. The van der Waals surface area contributed by atoms with E-state index in [2.05, 4.69) is 48.6 Å². The smallest absolute Gasteiger partial charge is 0.309 e. The Morgan fingerprint density at radius 2 is 1.23 bits per heavy atom. The van der Waals surface area contributed by atoms with Gasteiger partial charge in [0.15, 0.2) is 0 Å². The SMILES string of the molecule is C[C@H](C[C@H]1C[C@H](C)C(=O)O1)[C@H]1CC[C@H]2/C(=C/Br)CCC[C@]12C.C[C@H](C[C@H]1C[C@H](C)C(=O)O1)[C@H]1CC[C@H]2C(=O)CCC[C@]12C. The molecule has 6 fully saturated rings. The summed E-state index contributed by atoms with van der Waals surface area (Å²) in [6, 6.07) is 0. The number of allylic oxidation sites excluding steroid dienone is 1. The third kappa shape index (κ3) is 6.57. The van der Waals surface area contributed by atoms with Crippen LogP contribution in [0.1, 0.15) is 131 Å². The molecule has 0 bridgehead atoms. The lowest BCUT2D eigenvalue weighted by Crippen LogP contribution is -2.39. The van der Waals surface area contributed by atoms with E-state index >= 15 is 0 Å². The van der Waals surface area contributed by atoms with Crippen molar-refractivity contribution in [3.05, 3.63) is 10.6 Å². The van der Waals surface area contributed by atoms with Gasteiger partial charge in [-0.15, -0.1) is 0 Å². The molecule has 0 aromatic heterocycles. The third-order valence-electron chi connectivity index (χ3n) is 13.4. The second-order valence-corrected chi connectivity index (χ2v) is 16.6. The van der Waals surface area contributed by atoms with Crippen molar-refractivity contribution in [2.45, 2.75) is 144 Å².